The van der Waals surface area contributed by atoms with Crippen molar-refractivity contribution in [2.75, 3.05) is 0 Å². The number of hydrogen-bond acceptors (Lipinski definition) is 3. The maximum absolute atomic E-state index is 12.0. The van der Waals surface area contributed by atoms with Gasteiger partial charge in [-0.2, -0.15) is 0 Å². The zero-order valence-electron chi connectivity index (χ0n) is 10.3. The van der Waals surface area contributed by atoms with E-state index in [-0.39, 0.29) is 11.5 Å². The molecule has 17 heavy (non-hydrogen) atoms. The zero-order valence-corrected chi connectivity index (χ0v) is 10.3. The summed E-state index contributed by atoms with van der Waals surface area (Å²) >= 11 is 0. The van der Waals surface area contributed by atoms with E-state index in [2.05, 4.69) is 0 Å². The van der Waals surface area contributed by atoms with Gasteiger partial charge in [-0.1, -0.05) is 13.3 Å². The molecule has 3 nitrogen and oxygen atoms in total. The molecule has 0 fully saturated rings. The quantitative estimate of drug-likeness (QED) is 0.796. The molecule has 1 aliphatic rings. The lowest BCUT2D eigenvalue weighted by Crippen LogP contribution is -2.00. The van der Waals surface area contributed by atoms with E-state index in [0.29, 0.717) is 23.5 Å². The van der Waals surface area contributed by atoms with Gasteiger partial charge in [0, 0.05) is 5.56 Å². The summed E-state index contributed by atoms with van der Waals surface area (Å²) in [5, 5.41) is 9.81. The third kappa shape index (κ3) is 1.82. The number of ketones is 1. The van der Waals surface area contributed by atoms with Crippen LogP contribution in [0.3, 0.4) is 0 Å². The van der Waals surface area contributed by atoms with E-state index < -0.39 is 0 Å². The molecular formula is C14H16O3. The van der Waals surface area contributed by atoms with E-state index in [1.54, 1.807) is 12.1 Å². The van der Waals surface area contributed by atoms with Crippen molar-refractivity contribution in [1.82, 2.24) is 0 Å². The maximum Gasteiger partial charge on any atom is 0.231 e. The smallest absolute Gasteiger partial charge is 0.231 e. The molecule has 0 unspecified atom stereocenters. The first-order valence-electron chi connectivity index (χ1n) is 5.81. The molecule has 0 saturated heterocycles. The summed E-state index contributed by atoms with van der Waals surface area (Å²) in [7, 11) is 0. The number of ether oxygens (including phenoxy) is 1. The number of phenolic OH excluding ortho intramolecular Hbond substituents is 1. The van der Waals surface area contributed by atoms with Crippen molar-refractivity contribution in [2.24, 2.45) is 0 Å². The summed E-state index contributed by atoms with van der Waals surface area (Å²) in [6, 6.07) is 3.20. The fraction of sp³-hybridized carbons (Fsp3) is 0.357. The minimum atomic E-state index is -0.0858. The van der Waals surface area contributed by atoms with Crippen LogP contribution in [-0.2, 0) is 6.42 Å². The van der Waals surface area contributed by atoms with Gasteiger partial charge in [-0.25, -0.2) is 0 Å². The van der Waals surface area contributed by atoms with Gasteiger partial charge < -0.3 is 9.84 Å². The molecule has 0 saturated carbocycles. The van der Waals surface area contributed by atoms with Gasteiger partial charge in [-0.3, -0.25) is 4.79 Å². The molecule has 1 aromatic rings. The molecule has 0 atom stereocenters. The number of rotatable bonds is 2. The van der Waals surface area contributed by atoms with Crippen molar-refractivity contribution in [3.63, 3.8) is 0 Å². The van der Waals surface area contributed by atoms with Crippen LogP contribution in [0.4, 0.5) is 0 Å². The van der Waals surface area contributed by atoms with Crippen molar-refractivity contribution in [1.29, 1.82) is 0 Å². The van der Waals surface area contributed by atoms with Crippen LogP contribution in [-0.4, -0.2) is 10.9 Å². The predicted molar refractivity (Wildman–Crippen MR) is 65.4 cm³/mol. The van der Waals surface area contributed by atoms with E-state index in [4.69, 9.17) is 4.74 Å². The molecule has 90 valence electrons. The minimum Gasteiger partial charge on any atom is -0.508 e. The van der Waals surface area contributed by atoms with Crippen molar-refractivity contribution < 1.29 is 14.6 Å². The molecule has 0 spiro atoms. The number of carbonyl (C=O) groups is 1. The molecule has 0 amide bonds. The van der Waals surface area contributed by atoms with Gasteiger partial charge in [-0.05, 0) is 38.0 Å². The van der Waals surface area contributed by atoms with Crippen molar-refractivity contribution >= 4 is 5.78 Å². The van der Waals surface area contributed by atoms with Crippen LogP contribution in [0.15, 0.2) is 23.5 Å². The molecule has 1 N–H and O–H groups in total. The monoisotopic (exact) mass is 232 g/mol. The van der Waals surface area contributed by atoms with Gasteiger partial charge in [0.2, 0.25) is 5.78 Å². The van der Waals surface area contributed by atoms with Crippen molar-refractivity contribution in [2.45, 2.75) is 33.6 Å². The number of phenols is 1. The maximum atomic E-state index is 12.0. The summed E-state index contributed by atoms with van der Waals surface area (Å²) < 4.78 is 5.62. The molecule has 2 rings (SSSR count). The number of Topliss-reactive ketones (excluding diaryl/α,β-unsaturated/α-hetero) is 1. The molecule has 1 aromatic carbocycles. The number of benzene rings is 1. The molecule has 0 bridgehead atoms. The highest BCUT2D eigenvalue weighted by Crippen LogP contribution is 2.40. The number of carbonyl (C=O) groups excluding carboxylic acids is 1. The Balaban J connectivity index is 2.58. The Kier molecular flexibility index (Phi) is 2.92. The highest BCUT2D eigenvalue weighted by atomic mass is 16.5. The number of aromatic hydroxyl groups is 1. The van der Waals surface area contributed by atoms with Crippen LogP contribution in [0, 0.1) is 0 Å². The van der Waals surface area contributed by atoms with Crippen LogP contribution in [0.1, 0.15) is 43.1 Å². The average Bonchev–Trinajstić information content (AvgIpc) is 2.61. The van der Waals surface area contributed by atoms with Crippen LogP contribution >= 0.6 is 0 Å². The van der Waals surface area contributed by atoms with Gasteiger partial charge >= 0.3 is 0 Å². The summed E-state index contributed by atoms with van der Waals surface area (Å²) in [5.41, 5.74) is 2.14. The Bertz CT molecular complexity index is 508. The third-order valence-corrected chi connectivity index (χ3v) is 2.84. The van der Waals surface area contributed by atoms with E-state index in [0.717, 1.165) is 17.6 Å². The number of fused-ring (bicyclic) bond motifs is 1. The van der Waals surface area contributed by atoms with E-state index in [9.17, 15) is 9.90 Å². The van der Waals surface area contributed by atoms with Gasteiger partial charge in [0.05, 0.1) is 5.56 Å². The van der Waals surface area contributed by atoms with Gasteiger partial charge in [-0.15, -0.1) is 0 Å². The first kappa shape index (κ1) is 11.7. The highest BCUT2D eigenvalue weighted by Gasteiger charge is 2.31. The first-order valence-corrected chi connectivity index (χ1v) is 5.81. The number of allylic oxidation sites excluding steroid dienone is 2. The topological polar surface area (TPSA) is 46.5 Å². The van der Waals surface area contributed by atoms with Gasteiger partial charge in [0.25, 0.3) is 0 Å². The largest absolute Gasteiger partial charge is 0.508 e. The van der Waals surface area contributed by atoms with E-state index >= 15 is 0 Å². The Hall–Kier alpha value is -1.77. The lowest BCUT2D eigenvalue weighted by molar-refractivity contribution is 0.101. The lowest BCUT2D eigenvalue weighted by Gasteiger charge is -2.08. The fourth-order valence-electron chi connectivity index (χ4n) is 2.00. The molecule has 0 aromatic heterocycles. The Morgan fingerprint density at radius 2 is 2.06 bits per heavy atom. The first-order chi connectivity index (χ1) is 8.06. The average molecular weight is 232 g/mol. The summed E-state index contributed by atoms with van der Waals surface area (Å²) in [6.07, 6.45) is 1.60. The highest BCUT2D eigenvalue weighted by molar-refractivity contribution is 6.13. The molecule has 1 aliphatic heterocycles. The zero-order chi connectivity index (χ0) is 12.6. The molecule has 3 heteroatoms. The third-order valence-electron chi connectivity index (χ3n) is 2.84. The standard InChI is InChI=1S/C14H16O3/c1-4-5-9-11(15)7-6-10-12(16)13(8(2)3)17-14(9)10/h6-7,15H,4-5H2,1-3H3. The Labute approximate surface area is 101 Å². The number of hydrogen-bond donors (Lipinski definition) is 1. The van der Waals surface area contributed by atoms with Crippen LogP contribution < -0.4 is 4.74 Å². The van der Waals surface area contributed by atoms with Crippen LogP contribution in [0.2, 0.25) is 0 Å². The second-order valence-corrected chi connectivity index (χ2v) is 4.45. The van der Waals surface area contributed by atoms with E-state index in [1.165, 1.54) is 0 Å². The van der Waals surface area contributed by atoms with Gasteiger partial charge in [0.15, 0.2) is 5.76 Å². The van der Waals surface area contributed by atoms with Crippen LogP contribution in [0.5, 0.6) is 11.5 Å². The van der Waals surface area contributed by atoms with Crippen molar-refractivity contribution in [3.8, 4) is 11.5 Å². The normalized spacial score (nSPS) is 13.6. The van der Waals surface area contributed by atoms with Crippen molar-refractivity contribution in [3.05, 3.63) is 34.6 Å². The second kappa shape index (κ2) is 4.24. The predicted octanol–water partition coefficient (Wildman–Crippen LogP) is 3.21. The fourth-order valence-corrected chi connectivity index (χ4v) is 2.00. The molecule has 1 heterocycles. The molecular weight excluding hydrogens is 216 g/mol. The lowest BCUT2D eigenvalue weighted by atomic mass is 10.0. The summed E-state index contributed by atoms with van der Waals surface area (Å²) in [5.74, 6) is 1.04. The summed E-state index contributed by atoms with van der Waals surface area (Å²) in [4.78, 5) is 12.0. The van der Waals surface area contributed by atoms with Gasteiger partial charge in [0.1, 0.15) is 11.5 Å². The second-order valence-electron chi connectivity index (χ2n) is 4.45. The Morgan fingerprint density at radius 3 is 2.65 bits per heavy atom. The minimum absolute atomic E-state index is 0.0858. The SMILES string of the molecule is CCCc1c(O)ccc2c1OC(=C(C)C)C2=O. The molecule has 0 radical (unpaired) electrons. The van der Waals surface area contributed by atoms with Crippen LogP contribution in [0.25, 0.3) is 0 Å². The molecule has 0 aliphatic carbocycles. The Morgan fingerprint density at radius 1 is 1.35 bits per heavy atom. The van der Waals surface area contributed by atoms with E-state index in [1.807, 2.05) is 20.8 Å². The summed E-state index contributed by atoms with van der Waals surface area (Å²) in [6.45, 7) is 5.72.